The van der Waals surface area contributed by atoms with E-state index in [4.69, 9.17) is 9.47 Å². The second-order valence-corrected chi connectivity index (χ2v) is 6.33. The first-order valence-electron chi connectivity index (χ1n) is 8.44. The number of esters is 1. The van der Waals surface area contributed by atoms with Crippen LogP contribution in [0.2, 0.25) is 0 Å². The van der Waals surface area contributed by atoms with E-state index >= 15 is 0 Å². The van der Waals surface area contributed by atoms with Crippen LogP contribution in [0.1, 0.15) is 36.2 Å². The Morgan fingerprint density at radius 2 is 1.81 bits per heavy atom. The molecule has 0 aliphatic carbocycles. The van der Waals surface area contributed by atoms with E-state index in [1.54, 1.807) is 6.08 Å². The zero-order chi connectivity index (χ0) is 20.0. The lowest BCUT2D eigenvalue weighted by Gasteiger charge is -2.14. The van der Waals surface area contributed by atoms with Gasteiger partial charge in [-0.3, -0.25) is 9.59 Å². The van der Waals surface area contributed by atoms with Crippen LogP contribution in [-0.2, 0) is 4.79 Å². The lowest BCUT2D eigenvalue weighted by Crippen LogP contribution is -2.12. The third-order valence-corrected chi connectivity index (χ3v) is 3.68. The number of carbonyl (C=O) groups excluding carboxylic acids is 2. The van der Waals surface area contributed by atoms with Gasteiger partial charge in [0, 0.05) is 12.5 Å². The molecule has 0 bridgehead atoms. The highest BCUT2D eigenvalue weighted by Crippen LogP contribution is 2.44. The number of carbonyl (C=O) groups is 2. The number of benzene rings is 2. The van der Waals surface area contributed by atoms with Crippen LogP contribution in [0.15, 0.2) is 42.5 Å². The third kappa shape index (κ3) is 5.10. The van der Waals surface area contributed by atoms with E-state index in [1.807, 2.05) is 44.2 Å². The van der Waals surface area contributed by atoms with Gasteiger partial charge >= 0.3 is 5.97 Å². The van der Waals surface area contributed by atoms with E-state index in [9.17, 15) is 19.8 Å². The molecule has 0 atom stereocenters. The molecule has 0 saturated heterocycles. The van der Waals surface area contributed by atoms with E-state index in [2.05, 4.69) is 0 Å². The maximum absolute atomic E-state index is 12.6. The zero-order valence-corrected chi connectivity index (χ0v) is 15.4. The van der Waals surface area contributed by atoms with Crippen LogP contribution in [-0.4, -0.2) is 29.1 Å². The predicted molar refractivity (Wildman–Crippen MR) is 101 cm³/mol. The molecule has 0 aliphatic rings. The van der Waals surface area contributed by atoms with Gasteiger partial charge in [0.05, 0.1) is 7.11 Å². The molecule has 0 heterocycles. The first-order valence-corrected chi connectivity index (χ1v) is 8.44. The van der Waals surface area contributed by atoms with Gasteiger partial charge in [-0.15, -0.1) is 0 Å². The minimum Gasteiger partial charge on any atom is -0.504 e. The van der Waals surface area contributed by atoms with Gasteiger partial charge in [-0.05, 0) is 17.6 Å². The van der Waals surface area contributed by atoms with Crippen molar-refractivity contribution in [1.29, 1.82) is 0 Å². The summed E-state index contributed by atoms with van der Waals surface area (Å²) in [7, 11) is 1.30. The number of allylic oxidation sites excluding steroid dienone is 1. The summed E-state index contributed by atoms with van der Waals surface area (Å²) >= 11 is 0. The Morgan fingerprint density at radius 3 is 2.41 bits per heavy atom. The molecule has 0 spiro atoms. The molecule has 0 radical (unpaired) electrons. The molecule has 0 unspecified atom stereocenters. The summed E-state index contributed by atoms with van der Waals surface area (Å²) in [5.74, 6) is -2.78. The zero-order valence-electron chi connectivity index (χ0n) is 15.4. The topological polar surface area (TPSA) is 93.1 Å². The van der Waals surface area contributed by atoms with Gasteiger partial charge in [0.15, 0.2) is 17.3 Å². The highest BCUT2D eigenvalue weighted by Gasteiger charge is 2.25. The van der Waals surface area contributed by atoms with Crippen LogP contribution in [0.25, 0.3) is 6.08 Å². The summed E-state index contributed by atoms with van der Waals surface area (Å²) in [4.78, 5) is 24.5. The molecular formula is C21H22O6. The molecule has 2 aromatic rings. The number of phenols is 2. The van der Waals surface area contributed by atoms with E-state index in [-0.39, 0.29) is 23.7 Å². The van der Waals surface area contributed by atoms with Crippen molar-refractivity contribution in [2.75, 3.05) is 7.11 Å². The van der Waals surface area contributed by atoms with Gasteiger partial charge in [-0.1, -0.05) is 50.3 Å². The molecule has 6 nitrogen and oxygen atoms in total. The third-order valence-electron chi connectivity index (χ3n) is 3.68. The maximum Gasteiger partial charge on any atom is 0.311 e. The monoisotopic (exact) mass is 370 g/mol. The number of hydrogen-bond donors (Lipinski definition) is 2. The van der Waals surface area contributed by atoms with Gasteiger partial charge in [0.25, 0.3) is 0 Å². The lowest BCUT2D eigenvalue weighted by atomic mass is 10.0. The van der Waals surface area contributed by atoms with Crippen molar-refractivity contribution in [2.24, 2.45) is 5.92 Å². The van der Waals surface area contributed by atoms with Gasteiger partial charge < -0.3 is 19.7 Å². The second kappa shape index (κ2) is 8.89. The Morgan fingerprint density at radius 1 is 1.15 bits per heavy atom. The van der Waals surface area contributed by atoms with E-state index in [0.29, 0.717) is 0 Å². The molecule has 2 aromatic carbocycles. The molecule has 0 aliphatic heterocycles. The van der Waals surface area contributed by atoms with Crippen LogP contribution in [0.4, 0.5) is 0 Å². The van der Waals surface area contributed by atoms with Gasteiger partial charge in [0.2, 0.25) is 5.75 Å². The minimum atomic E-state index is -0.647. The molecule has 2 N–H and O–H groups in total. The molecule has 0 amide bonds. The molecule has 27 heavy (non-hydrogen) atoms. The largest absolute Gasteiger partial charge is 0.504 e. The summed E-state index contributed by atoms with van der Waals surface area (Å²) in [6.45, 7) is 3.66. The van der Waals surface area contributed by atoms with Gasteiger partial charge in [-0.2, -0.15) is 0 Å². The smallest absolute Gasteiger partial charge is 0.311 e. The standard InChI is InChI=1S/C21H22O6/c1-13(2)11-18(24)27-21-16(23)12-17(26-3)19(20(21)25)15(22)10-9-14-7-5-4-6-8-14/h4-10,12-13,23,25H,11H2,1-3H3/b10-9+. The number of rotatable bonds is 7. The fourth-order valence-electron chi connectivity index (χ4n) is 2.42. The number of hydrogen-bond acceptors (Lipinski definition) is 6. The van der Waals surface area contributed by atoms with Crippen LogP contribution in [0.5, 0.6) is 23.0 Å². The maximum atomic E-state index is 12.6. The number of aromatic hydroxyl groups is 2. The van der Waals surface area contributed by atoms with E-state index in [1.165, 1.54) is 13.2 Å². The van der Waals surface area contributed by atoms with Gasteiger partial charge in [-0.25, -0.2) is 0 Å². The predicted octanol–water partition coefficient (Wildman–Crippen LogP) is 3.95. The number of methoxy groups -OCH3 is 1. The summed E-state index contributed by atoms with van der Waals surface area (Å²) in [5, 5.41) is 20.5. The SMILES string of the molecule is COc1cc(O)c(OC(=O)CC(C)C)c(O)c1C(=O)/C=C/c1ccccc1. The first kappa shape index (κ1) is 20.0. The van der Waals surface area contributed by atoms with Crippen LogP contribution >= 0.6 is 0 Å². The van der Waals surface area contributed by atoms with Gasteiger partial charge in [0.1, 0.15) is 11.3 Å². The fourth-order valence-corrected chi connectivity index (χ4v) is 2.42. The Labute approximate surface area is 157 Å². The molecule has 6 heteroatoms. The Balaban J connectivity index is 2.39. The van der Waals surface area contributed by atoms with Crippen molar-refractivity contribution >= 4 is 17.8 Å². The average molecular weight is 370 g/mol. The Kier molecular flexibility index (Phi) is 6.60. The number of ether oxygens (including phenoxy) is 2. The fraction of sp³-hybridized carbons (Fsp3) is 0.238. The summed E-state index contributed by atoms with van der Waals surface area (Å²) in [6, 6.07) is 10.3. The molecule has 0 saturated carbocycles. The summed E-state index contributed by atoms with van der Waals surface area (Å²) in [6.07, 6.45) is 2.95. The lowest BCUT2D eigenvalue weighted by molar-refractivity contribution is -0.135. The number of phenolic OH excluding ortho intramolecular Hbond substituents is 2. The highest BCUT2D eigenvalue weighted by molar-refractivity contribution is 6.11. The first-order chi connectivity index (χ1) is 12.8. The quantitative estimate of drug-likeness (QED) is 0.332. The summed E-state index contributed by atoms with van der Waals surface area (Å²) in [5.41, 5.74) is 0.599. The molecule has 0 aromatic heterocycles. The molecule has 0 fully saturated rings. The second-order valence-electron chi connectivity index (χ2n) is 6.33. The number of ketones is 1. The average Bonchev–Trinajstić information content (AvgIpc) is 2.63. The van der Waals surface area contributed by atoms with Crippen LogP contribution in [0, 0.1) is 5.92 Å². The summed E-state index contributed by atoms with van der Waals surface area (Å²) < 4.78 is 10.2. The Hall–Kier alpha value is -3.28. The van der Waals surface area contributed by atoms with Crippen molar-refractivity contribution < 1.29 is 29.3 Å². The van der Waals surface area contributed by atoms with Crippen LogP contribution in [0.3, 0.4) is 0 Å². The molecular weight excluding hydrogens is 348 g/mol. The Bertz CT molecular complexity index is 853. The normalized spacial score (nSPS) is 11.0. The van der Waals surface area contributed by atoms with E-state index < -0.39 is 29.0 Å². The highest BCUT2D eigenvalue weighted by atomic mass is 16.5. The van der Waals surface area contributed by atoms with Crippen molar-refractivity contribution in [1.82, 2.24) is 0 Å². The van der Waals surface area contributed by atoms with Crippen molar-refractivity contribution in [3.05, 3.63) is 53.6 Å². The van der Waals surface area contributed by atoms with E-state index in [0.717, 1.165) is 11.6 Å². The molecule has 2 rings (SSSR count). The van der Waals surface area contributed by atoms with Crippen molar-refractivity contribution in [3.8, 4) is 23.0 Å². The van der Waals surface area contributed by atoms with Crippen molar-refractivity contribution in [3.63, 3.8) is 0 Å². The van der Waals surface area contributed by atoms with Crippen molar-refractivity contribution in [2.45, 2.75) is 20.3 Å². The van der Waals surface area contributed by atoms with Crippen LogP contribution < -0.4 is 9.47 Å². The molecule has 142 valence electrons. The minimum absolute atomic E-state index is 0.0311.